The van der Waals surface area contributed by atoms with Crippen molar-refractivity contribution in [1.82, 2.24) is 31.2 Å². The van der Waals surface area contributed by atoms with E-state index in [0.29, 0.717) is 29.5 Å². The fourth-order valence-electron chi connectivity index (χ4n) is 6.76. The number of hydrogen-bond donors (Lipinski definition) is 10. The number of rotatable bonds is 7. The van der Waals surface area contributed by atoms with Gasteiger partial charge in [0.15, 0.2) is 5.54 Å². The number of ether oxygens (including phenoxy) is 2. The number of aromatic amines is 2. The van der Waals surface area contributed by atoms with Crippen molar-refractivity contribution < 1.29 is 29.0 Å². The van der Waals surface area contributed by atoms with Crippen molar-refractivity contribution in [2.75, 3.05) is 20.2 Å². The van der Waals surface area contributed by atoms with Crippen LogP contribution in [0.2, 0.25) is 0 Å². The first-order valence-corrected chi connectivity index (χ1v) is 16.4. The van der Waals surface area contributed by atoms with Crippen LogP contribution in [-0.4, -0.2) is 83.0 Å². The van der Waals surface area contributed by atoms with Gasteiger partial charge in [-0.15, -0.1) is 11.6 Å². The van der Waals surface area contributed by atoms with Crippen molar-refractivity contribution in [3.8, 4) is 0 Å². The van der Waals surface area contributed by atoms with Gasteiger partial charge in [0, 0.05) is 26.1 Å². The minimum atomic E-state index is -1.20. The van der Waals surface area contributed by atoms with Gasteiger partial charge in [0.25, 0.3) is 17.5 Å². The molecule has 4 aliphatic rings. The average Bonchev–Trinajstić information content (AvgIpc) is 3.70. The van der Waals surface area contributed by atoms with Crippen molar-refractivity contribution in [3.05, 3.63) is 41.7 Å². The van der Waals surface area contributed by atoms with Crippen LogP contribution in [0.15, 0.2) is 30.3 Å². The smallest absolute Gasteiger partial charge is 0.345 e. The summed E-state index contributed by atoms with van der Waals surface area (Å²) in [6.07, 6.45) is -1.40. The zero-order valence-electron chi connectivity index (χ0n) is 21.7. The summed E-state index contributed by atoms with van der Waals surface area (Å²) in [5.74, 6) is -1.36. The first-order chi connectivity index (χ1) is 19.9. The number of fused-ring (bicyclic) bond motifs is 2. The van der Waals surface area contributed by atoms with Gasteiger partial charge < -0.3 is 25.3 Å². The summed E-state index contributed by atoms with van der Waals surface area (Å²) in [6, 6.07) is 3.35. The van der Waals surface area contributed by atoms with Crippen LogP contribution < -0.4 is 42.7 Å². The second-order valence-corrected chi connectivity index (χ2v) is 14.3. The molecule has 3 aliphatic heterocycles. The maximum Gasteiger partial charge on any atom is 0.345 e. The molecule has 12 N–H and O–H groups in total. The van der Waals surface area contributed by atoms with E-state index in [2.05, 4.69) is 105 Å². The molecular weight excluding hydrogens is 835 g/mol. The lowest BCUT2D eigenvalue weighted by atomic mass is 9.71. The summed E-state index contributed by atoms with van der Waals surface area (Å²) in [5, 5.41) is 12.0. The van der Waals surface area contributed by atoms with Gasteiger partial charge in [-0.3, -0.25) is 31.1 Å². The van der Waals surface area contributed by atoms with Gasteiger partial charge in [0.1, 0.15) is 11.4 Å². The molecule has 19 heteroatoms. The molecule has 2 aromatic heterocycles. The van der Waals surface area contributed by atoms with Gasteiger partial charge in [0.2, 0.25) is 12.5 Å². The number of nitrogens with two attached hydrogens (primary N) is 2. The summed E-state index contributed by atoms with van der Waals surface area (Å²) >= 11 is 20.9. The number of hydrogen-bond acceptors (Lipinski definition) is 8. The lowest BCUT2D eigenvalue weighted by Crippen LogP contribution is -2.93. The van der Waals surface area contributed by atoms with Crippen LogP contribution in [0.3, 0.4) is 0 Å². The topological polar surface area (TPSA) is 212 Å². The van der Waals surface area contributed by atoms with E-state index in [9.17, 15) is 9.59 Å². The fraction of sp³-hybridized carbons (Fsp3) is 0.478. The highest BCUT2D eigenvalue weighted by molar-refractivity contribution is 9.13. The zero-order valence-corrected chi connectivity index (χ0v) is 28.8. The van der Waals surface area contributed by atoms with Crippen LogP contribution in [-0.2, 0) is 9.47 Å². The zero-order chi connectivity index (χ0) is 30.1. The summed E-state index contributed by atoms with van der Waals surface area (Å²) in [6.45, 7) is 0.349. The SMILES string of the molecule is CO[C@@]12NC(N)=[NH+][C@@H]1O[C@@H]1[NH+]=C(N)N[C@]13[C@@H]2[C@@H](CNC(=O)c1cc(Br)c(Br)[nH]1)[C@@H](CNC(=O)c1cc(Br)c(Br)[nH]1)[C@@H]3Cl. The minimum Gasteiger partial charge on any atom is -0.350 e. The summed E-state index contributed by atoms with van der Waals surface area (Å²) in [5.41, 5.74) is 11.0. The first kappa shape index (κ1) is 30.2. The van der Waals surface area contributed by atoms with Crippen LogP contribution >= 0.6 is 75.3 Å². The Morgan fingerprint density at radius 3 is 2.00 bits per heavy atom. The lowest BCUT2D eigenvalue weighted by molar-refractivity contribution is -0.661. The first-order valence-electron chi connectivity index (χ1n) is 12.7. The van der Waals surface area contributed by atoms with E-state index in [1.807, 2.05) is 0 Å². The largest absolute Gasteiger partial charge is 0.350 e. The van der Waals surface area contributed by atoms with Crippen molar-refractivity contribution in [1.29, 1.82) is 0 Å². The number of guanidine groups is 2. The third-order valence-electron chi connectivity index (χ3n) is 8.41. The van der Waals surface area contributed by atoms with Crippen molar-refractivity contribution in [2.24, 2.45) is 29.2 Å². The third kappa shape index (κ3) is 4.59. The van der Waals surface area contributed by atoms with Crippen molar-refractivity contribution >= 4 is 99.1 Å². The summed E-state index contributed by atoms with van der Waals surface area (Å²) in [4.78, 5) is 38.6. The molecule has 6 rings (SSSR count). The predicted molar refractivity (Wildman–Crippen MR) is 165 cm³/mol. The standard InChI is InChI=1S/C23H25Br4ClN10O4/c1-41-23-12-6(4-31-16(39)10-2-8(24)14(26)33-10)7(5-32-17(40)11-3-9(25)15(27)34-11)13(28)22(12)18(35-20(29)37-22)42-19(23)36-21(30)38-23/h2-3,6-7,12-13,18-19,33-34H,4-5H2,1H3,(H,31,39)(H,32,40)(H3,29,35,37)(H3,30,36,38)/p+2/t6-,7+,12-,13-,18-,19+,22-,23+/m0/s1. The Balaban J connectivity index is 1.36. The molecule has 1 saturated heterocycles. The number of H-pyrrole nitrogens is 2. The highest BCUT2D eigenvalue weighted by Gasteiger charge is 2.81. The Hall–Kier alpha value is -1.83. The molecule has 0 unspecified atom stereocenters. The Morgan fingerprint density at radius 1 is 0.952 bits per heavy atom. The normalized spacial score (nSPS) is 34.4. The van der Waals surface area contributed by atoms with Gasteiger partial charge in [-0.1, -0.05) is 0 Å². The quantitative estimate of drug-likeness (QED) is 0.138. The van der Waals surface area contributed by atoms with E-state index in [4.69, 9.17) is 32.5 Å². The Morgan fingerprint density at radius 2 is 1.48 bits per heavy atom. The molecule has 1 aliphatic carbocycles. The number of alkyl halides is 1. The Bertz CT molecular complexity index is 1480. The third-order valence-corrected chi connectivity index (χ3v) is 12.7. The van der Waals surface area contributed by atoms with Gasteiger partial charge in [-0.2, -0.15) is 0 Å². The molecule has 0 radical (unpaired) electrons. The number of halogens is 5. The molecule has 1 spiro atoms. The molecule has 2 fully saturated rings. The minimum absolute atomic E-state index is 0.172. The van der Waals surface area contributed by atoms with Gasteiger partial charge in [0.05, 0.1) is 29.4 Å². The van der Waals surface area contributed by atoms with Crippen LogP contribution in [0.25, 0.3) is 0 Å². The van der Waals surface area contributed by atoms with Gasteiger partial charge in [-0.25, -0.2) is 15.3 Å². The number of aromatic nitrogens is 2. The van der Waals surface area contributed by atoms with E-state index < -0.39 is 40.9 Å². The lowest BCUT2D eigenvalue weighted by Gasteiger charge is -2.49. The maximum atomic E-state index is 13.2. The molecule has 5 heterocycles. The predicted octanol–water partition coefficient (Wildman–Crippen LogP) is -2.22. The van der Waals surface area contributed by atoms with E-state index in [0.717, 1.165) is 0 Å². The second kappa shape index (κ2) is 11.0. The van der Waals surface area contributed by atoms with Crippen molar-refractivity contribution in [3.63, 3.8) is 0 Å². The second-order valence-electron chi connectivity index (χ2n) is 10.5. The van der Waals surface area contributed by atoms with E-state index in [1.165, 1.54) is 0 Å². The fourth-order valence-corrected chi connectivity index (χ4v) is 8.65. The Kier molecular flexibility index (Phi) is 7.88. The summed E-state index contributed by atoms with van der Waals surface area (Å²) in [7, 11) is 1.55. The highest BCUT2D eigenvalue weighted by atomic mass is 79.9. The molecule has 1 saturated carbocycles. The molecule has 2 aromatic rings. The average molecular weight is 863 g/mol. The number of nitrogens with one attached hydrogen (secondary N) is 8. The Labute approximate surface area is 277 Å². The summed E-state index contributed by atoms with van der Waals surface area (Å²) < 4.78 is 15.3. The molecule has 42 heavy (non-hydrogen) atoms. The van der Waals surface area contributed by atoms with Gasteiger partial charge in [-0.05, 0) is 81.8 Å². The van der Waals surface area contributed by atoms with Gasteiger partial charge >= 0.3 is 11.9 Å². The van der Waals surface area contributed by atoms with Crippen LogP contribution in [0.4, 0.5) is 0 Å². The van der Waals surface area contributed by atoms with Crippen LogP contribution in [0.5, 0.6) is 0 Å². The number of carbonyl (C=O) groups is 2. The molecule has 0 bridgehead atoms. The maximum absolute atomic E-state index is 13.2. The highest BCUT2D eigenvalue weighted by Crippen LogP contribution is 2.56. The molecule has 14 nitrogen and oxygen atoms in total. The van der Waals surface area contributed by atoms with E-state index in [1.54, 1.807) is 19.2 Å². The molecule has 8 atom stereocenters. The van der Waals surface area contributed by atoms with E-state index in [-0.39, 0.29) is 42.7 Å². The van der Waals surface area contributed by atoms with Crippen LogP contribution in [0.1, 0.15) is 21.0 Å². The molecular formula is C23H27Br4ClN10O4+2. The van der Waals surface area contributed by atoms with Crippen LogP contribution in [0, 0.1) is 17.8 Å². The monoisotopic (exact) mass is 858 g/mol. The number of carbonyl (C=O) groups excluding carboxylic acids is 2. The van der Waals surface area contributed by atoms with Crippen molar-refractivity contribution in [2.45, 2.75) is 29.1 Å². The molecule has 0 aromatic carbocycles. The molecule has 226 valence electrons. The van der Waals surface area contributed by atoms with E-state index >= 15 is 0 Å². The molecule has 2 amide bonds. The number of amides is 2. The number of methoxy groups -OCH3 is 1.